The number of carbonyl (C=O) groups is 2. The second kappa shape index (κ2) is 6.65. The van der Waals surface area contributed by atoms with Crippen molar-refractivity contribution in [2.45, 2.75) is 38.5 Å². The number of carboxylic acid groups (broad SMARTS) is 1. The minimum atomic E-state index is -0.917. The fourth-order valence-electron chi connectivity index (χ4n) is 2.75. The SMILES string of the molecule is O=C(NCC1(C(=O)O)CCCCCC1)c1cccc(F)n1. The third-order valence-electron chi connectivity index (χ3n) is 4.05. The normalized spacial score (nSPS) is 17.8. The summed E-state index contributed by atoms with van der Waals surface area (Å²) in [6.07, 6.45) is 4.85. The first-order chi connectivity index (χ1) is 10.0. The highest BCUT2D eigenvalue weighted by Gasteiger charge is 2.39. The maximum Gasteiger partial charge on any atom is 0.311 e. The number of carbonyl (C=O) groups excluding carboxylic acids is 1. The van der Waals surface area contributed by atoms with Crippen molar-refractivity contribution in [1.29, 1.82) is 0 Å². The molecule has 0 radical (unpaired) electrons. The molecule has 0 atom stereocenters. The molecule has 0 aliphatic heterocycles. The van der Waals surface area contributed by atoms with Gasteiger partial charge in [-0.1, -0.05) is 31.7 Å². The van der Waals surface area contributed by atoms with Crippen LogP contribution in [0, 0.1) is 11.4 Å². The van der Waals surface area contributed by atoms with Crippen LogP contribution in [0.25, 0.3) is 0 Å². The van der Waals surface area contributed by atoms with Crippen molar-refractivity contribution in [3.05, 3.63) is 29.8 Å². The van der Waals surface area contributed by atoms with Crippen molar-refractivity contribution in [2.24, 2.45) is 5.41 Å². The summed E-state index contributed by atoms with van der Waals surface area (Å²) >= 11 is 0. The van der Waals surface area contributed by atoms with Crippen molar-refractivity contribution in [3.8, 4) is 0 Å². The molecule has 114 valence electrons. The molecule has 1 aliphatic carbocycles. The van der Waals surface area contributed by atoms with Crippen LogP contribution in [-0.2, 0) is 4.79 Å². The van der Waals surface area contributed by atoms with E-state index in [2.05, 4.69) is 10.3 Å². The quantitative estimate of drug-likeness (QED) is 0.660. The fourth-order valence-corrected chi connectivity index (χ4v) is 2.75. The zero-order chi connectivity index (χ0) is 15.3. The van der Waals surface area contributed by atoms with E-state index in [1.54, 1.807) is 0 Å². The molecular weight excluding hydrogens is 275 g/mol. The molecule has 1 aliphatic rings. The van der Waals surface area contributed by atoms with E-state index in [1.165, 1.54) is 12.1 Å². The molecular formula is C15H19FN2O3. The second-order valence-electron chi connectivity index (χ2n) is 5.53. The van der Waals surface area contributed by atoms with E-state index in [0.717, 1.165) is 31.7 Å². The van der Waals surface area contributed by atoms with E-state index < -0.39 is 23.2 Å². The molecule has 0 saturated heterocycles. The lowest BCUT2D eigenvalue weighted by Gasteiger charge is -2.28. The van der Waals surface area contributed by atoms with Gasteiger partial charge < -0.3 is 10.4 Å². The lowest BCUT2D eigenvalue weighted by molar-refractivity contribution is -0.149. The zero-order valence-corrected chi connectivity index (χ0v) is 11.8. The summed E-state index contributed by atoms with van der Waals surface area (Å²) in [5.74, 6) is -2.15. The van der Waals surface area contributed by atoms with Crippen molar-refractivity contribution < 1.29 is 19.1 Å². The zero-order valence-electron chi connectivity index (χ0n) is 11.8. The van der Waals surface area contributed by atoms with Gasteiger partial charge in [0.25, 0.3) is 5.91 Å². The van der Waals surface area contributed by atoms with Gasteiger partial charge in [0.15, 0.2) is 0 Å². The maximum atomic E-state index is 13.0. The van der Waals surface area contributed by atoms with Gasteiger partial charge in [0.05, 0.1) is 5.41 Å². The van der Waals surface area contributed by atoms with Crippen LogP contribution in [0.1, 0.15) is 49.0 Å². The molecule has 1 heterocycles. The number of hydrogen-bond acceptors (Lipinski definition) is 3. The van der Waals surface area contributed by atoms with Crippen LogP contribution in [0.5, 0.6) is 0 Å². The molecule has 0 unspecified atom stereocenters. The number of amides is 1. The van der Waals surface area contributed by atoms with Crippen LogP contribution in [0.15, 0.2) is 18.2 Å². The molecule has 1 aromatic rings. The van der Waals surface area contributed by atoms with Crippen LogP contribution in [0.4, 0.5) is 4.39 Å². The van der Waals surface area contributed by atoms with E-state index in [0.29, 0.717) is 12.8 Å². The predicted molar refractivity (Wildman–Crippen MR) is 74.3 cm³/mol. The van der Waals surface area contributed by atoms with Crippen molar-refractivity contribution in [3.63, 3.8) is 0 Å². The largest absolute Gasteiger partial charge is 0.481 e. The summed E-state index contributed by atoms with van der Waals surface area (Å²) in [5, 5.41) is 12.1. The Labute approximate surface area is 122 Å². The van der Waals surface area contributed by atoms with E-state index >= 15 is 0 Å². The van der Waals surface area contributed by atoms with Gasteiger partial charge in [-0.15, -0.1) is 0 Å². The highest BCUT2D eigenvalue weighted by atomic mass is 19.1. The molecule has 2 rings (SSSR count). The van der Waals surface area contributed by atoms with Crippen LogP contribution >= 0.6 is 0 Å². The van der Waals surface area contributed by atoms with Gasteiger partial charge in [0, 0.05) is 6.54 Å². The van der Waals surface area contributed by atoms with Crippen LogP contribution in [0.2, 0.25) is 0 Å². The van der Waals surface area contributed by atoms with Gasteiger partial charge in [-0.2, -0.15) is 4.39 Å². The Morgan fingerprint density at radius 1 is 1.24 bits per heavy atom. The summed E-state index contributed by atoms with van der Waals surface area (Å²) < 4.78 is 13.0. The smallest absolute Gasteiger partial charge is 0.311 e. The molecule has 21 heavy (non-hydrogen) atoms. The molecule has 1 saturated carbocycles. The molecule has 1 fully saturated rings. The Hall–Kier alpha value is -1.98. The predicted octanol–water partition coefficient (Wildman–Crippen LogP) is 2.38. The van der Waals surface area contributed by atoms with Crippen molar-refractivity contribution in [1.82, 2.24) is 10.3 Å². The number of nitrogens with one attached hydrogen (secondary N) is 1. The number of aromatic nitrogens is 1. The maximum absolute atomic E-state index is 13.0. The first kappa shape index (κ1) is 15.4. The highest BCUT2D eigenvalue weighted by Crippen LogP contribution is 2.34. The van der Waals surface area contributed by atoms with E-state index in [-0.39, 0.29) is 12.2 Å². The molecule has 2 N–H and O–H groups in total. The highest BCUT2D eigenvalue weighted by molar-refractivity contribution is 5.92. The monoisotopic (exact) mass is 294 g/mol. The molecule has 0 bridgehead atoms. The minimum Gasteiger partial charge on any atom is -0.481 e. The van der Waals surface area contributed by atoms with Crippen molar-refractivity contribution in [2.75, 3.05) is 6.54 Å². The first-order valence-electron chi connectivity index (χ1n) is 7.18. The number of carboxylic acids is 1. The molecule has 5 nitrogen and oxygen atoms in total. The third-order valence-corrected chi connectivity index (χ3v) is 4.05. The fraction of sp³-hybridized carbons (Fsp3) is 0.533. The van der Waals surface area contributed by atoms with Gasteiger partial charge in [-0.05, 0) is 25.0 Å². The topological polar surface area (TPSA) is 79.3 Å². The van der Waals surface area contributed by atoms with Gasteiger partial charge >= 0.3 is 5.97 Å². The van der Waals surface area contributed by atoms with Gasteiger partial charge in [-0.3, -0.25) is 9.59 Å². The molecule has 1 amide bonds. The number of hydrogen-bond donors (Lipinski definition) is 2. The average molecular weight is 294 g/mol. The second-order valence-corrected chi connectivity index (χ2v) is 5.53. The van der Waals surface area contributed by atoms with Crippen molar-refractivity contribution >= 4 is 11.9 Å². The van der Waals surface area contributed by atoms with Crippen LogP contribution < -0.4 is 5.32 Å². The number of rotatable bonds is 4. The summed E-state index contributed by atoms with van der Waals surface area (Å²) in [6, 6.07) is 3.95. The van der Waals surface area contributed by atoms with Gasteiger partial charge in [0.1, 0.15) is 5.69 Å². The standard InChI is InChI=1S/C15H19FN2O3/c16-12-7-5-6-11(18-12)13(19)17-10-15(14(20)21)8-3-1-2-4-9-15/h5-7H,1-4,8-10H2,(H,17,19)(H,20,21). The Bertz CT molecular complexity index is 525. The van der Waals surface area contributed by atoms with E-state index in [1.807, 2.05) is 0 Å². The summed E-state index contributed by atoms with van der Waals surface area (Å²) in [5.41, 5.74) is -0.955. The third kappa shape index (κ3) is 3.77. The number of pyridine rings is 1. The lowest BCUT2D eigenvalue weighted by atomic mass is 9.80. The number of aliphatic carboxylic acids is 1. The molecule has 0 aromatic carbocycles. The Morgan fingerprint density at radius 3 is 2.48 bits per heavy atom. The molecule has 6 heteroatoms. The van der Waals surface area contributed by atoms with Gasteiger partial charge in [-0.25, -0.2) is 4.98 Å². The first-order valence-corrected chi connectivity index (χ1v) is 7.18. The Kier molecular flexibility index (Phi) is 4.88. The van der Waals surface area contributed by atoms with Crippen LogP contribution in [-0.4, -0.2) is 28.5 Å². The number of nitrogens with zero attached hydrogens (tertiary/aromatic N) is 1. The lowest BCUT2D eigenvalue weighted by Crippen LogP contribution is -2.43. The molecule has 0 spiro atoms. The van der Waals surface area contributed by atoms with Gasteiger partial charge in [0.2, 0.25) is 5.95 Å². The average Bonchev–Trinajstić information content (AvgIpc) is 2.71. The summed E-state index contributed by atoms with van der Waals surface area (Å²) in [7, 11) is 0. The Morgan fingerprint density at radius 2 is 1.90 bits per heavy atom. The minimum absolute atomic E-state index is 0.0378. The van der Waals surface area contributed by atoms with E-state index in [9.17, 15) is 19.1 Å². The molecule has 1 aromatic heterocycles. The van der Waals surface area contributed by atoms with Crippen LogP contribution in [0.3, 0.4) is 0 Å². The number of halogens is 1. The summed E-state index contributed by atoms with van der Waals surface area (Å²) in [6.45, 7) is 0.0549. The summed E-state index contributed by atoms with van der Waals surface area (Å²) in [4.78, 5) is 27.1. The van der Waals surface area contributed by atoms with E-state index in [4.69, 9.17) is 0 Å². The Balaban J connectivity index is 2.04.